The average Bonchev–Trinajstić information content (AvgIpc) is 2.70. The van der Waals surface area contributed by atoms with Gasteiger partial charge in [0.1, 0.15) is 0 Å². The predicted octanol–water partition coefficient (Wildman–Crippen LogP) is 1.18. The number of nitrogens with zero attached hydrogens (tertiary/aromatic N) is 1. The first-order chi connectivity index (χ1) is 7.70. The van der Waals surface area contributed by atoms with Crippen molar-refractivity contribution in [1.29, 1.82) is 0 Å². The lowest BCUT2D eigenvalue weighted by Crippen LogP contribution is -2.52. The molecule has 0 spiro atoms. The van der Waals surface area contributed by atoms with Crippen LogP contribution >= 0.6 is 11.8 Å². The van der Waals surface area contributed by atoms with Gasteiger partial charge in [0.15, 0.2) is 0 Å². The summed E-state index contributed by atoms with van der Waals surface area (Å²) in [5.74, 6) is 0.660. The molecular formula is C12H24N2OS. The van der Waals surface area contributed by atoms with Crippen LogP contribution in [0.25, 0.3) is 0 Å². The van der Waals surface area contributed by atoms with Gasteiger partial charge in [0.2, 0.25) is 0 Å². The van der Waals surface area contributed by atoms with Crippen molar-refractivity contribution in [3.05, 3.63) is 0 Å². The van der Waals surface area contributed by atoms with Crippen LogP contribution in [0.1, 0.15) is 20.3 Å². The van der Waals surface area contributed by atoms with Crippen LogP contribution in [0.5, 0.6) is 0 Å². The number of hydrogen-bond donors (Lipinski definition) is 1. The van der Waals surface area contributed by atoms with Gasteiger partial charge < -0.3 is 10.5 Å². The molecule has 4 heteroatoms. The molecule has 16 heavy (non-hydrogen) atoms. The highest BCUT2D eigenvalue weighted by atomic mass is 32.2. The summed E-state index contributed by atoms with van der Waals surface area (Å²) < 4.78 is 5.50. The van der Waals surface area contributed by atoms with Crippen LogP contribution in [-0.4, -0.2) is 54.3 Å². The first-order valence-electron chi connectivity index (χ1n) is 6.38. The Morgan fingerprint density at radius 3 is 2.56 bits per heavy atom. The molecule has 2 heterocycles. The molecule has 2 fully saturated rings. The van der Waals surface area contributed by atoms with E-state index in [1.807, 2.05) is 0 Å². The molecule has 94 valence electrons. The summed E-state index contributed by atoms with van der Waals surface area (Å²) in [6.07, 6.45) is 1.19. The van der Waals surface area contributed by atoms with Crippen LogP contribution in [0.2, 0.25) is 0 Å². The minimum atomic E-state index is 0.535. The fourth-order valence-electron chi connectivity index (χ4n) is 2.98. The Morgan fingerprint density at radius 1 is 1.38 bits per heavy atom. The fraction of sp³-hybridized carbons (Fsp3) is 1.00. The zero-order chi connectivity index (χ0) is 11.5. The van der Waals surface area contributed by atoms with Gasteiger partial charge in [0, 0.05) is 48.7 Å². The highest BCUT2D eigenvalue weighted by Crippen LogP contribution is 2.29. The van der Waals surface area contributed by atoms with E-state index in [2.05, 4.69) is 30.5 Å². The second kappa shape index (κ2) is 5.71. The number of nitrogens with two attached hydrogens (primary N) is 1. The van der Waals surface area contributed by atoms with E-state index >= 15 is 0 Å². The van der Waals surface area contributed by atoms with Crippen molar-refractivity contribution in [3.63, 3.8) is 0 Å². The summed E-state index contributed by atoms with van der Waals surface area (Å²) in [4.78, 5) is 2.60. The summed E-state index contributed by atoms with van der Waals surface area (Å²) in [7, 11) is 0. The van der Waals surface area contributed by atoms with Crippen molar-refractivity contribution in [1.82, 2.24) is 4.90 Å². The second-order valence-corrected chi connectivity index (χ2v) is 7.02. The van der Waals surface area contributed by atoms with E-state index < -0.39 is 0 Å². The second-order valence-electron chi connectivity index (χ2n) is 5.14. The van der Waals surface area contributed by atoms with Gasteiger partial charge in [-0.05, 0) is 6.42 Å². The summed E-state index contributed by atoms with van der Waals surface area (Å²) in [5.41, 5.74) is 5.97. The van der Waals surface area contributed by atoms with Crippen LogP contribution in [0.3, 0.4) is 0 Å². The average molecular weight is 244 g/mol. The predicted molar refractivity (Wildman–Crippen MR) is 69.9 cm³/mol. The Balaban J connectivity index is 1.96. The maximum atomic E-state index is 5.97. The third kappa shape index (κ3) is 2.92. The minimum absolute atomic E-state index is 0.535. The van der Waals surface area contributed by atoms with Gasteiger partial charge in [-0.25, -0.2) is 0 Å². The number of rotatable bonds is 3. The molecule has 4 atom stereocenters. The van der Waals surface area contributed by atoms with Crippen LogP contribution in [0.4, 0.5) is 0 Å². The van der Waals surface area contributed by atoms with Crippen LogP contribution < -0.4 is 5.73 Å². The summed E-state index contributed by atoms with van der Waals surface area (Å²) in [6, 6.07) is 0.535. The lowest BCUT2D eigenvalue weighted by molar-refractivity contribution is 0.120. The summed E-state index contributed by atoms with van der Waals surface area (Å²) >= 11 is 2.10. The normalized spacial score (nSPS) is 38.8. The molecule has 0 amide bonds. The molecule has 0 aromatic heterocycles. The first kappa shape index (κ1) is 12.7. The van der Waals surface area contributed by atoms with E-state index in [4.69, 9.17) is 10.5 Å². The molecule has 2 saturated heterocycles. The van der Waals surface area contributed by atoms with Gasteiger partial charge in [-0.1, -0.05) is 13.8 Å². The first-order valence-corrected chi connectivity index (χ1v) is 7.32. The van der Waals surface area contributed by atoms with Crippen molar-refractivity contribution < 1.29 is 4.74 Å². The Bertz CT molecular complexity index is 211. The molecule has 2 aliphatic rings. The monoisotopic (exact) mass is 244 g/mol. The highest BCUT2D eigenvalue weighted by molar-refractivity contribution is 8.00. The topological polar surface area (TPSA) is 38.5 Å². The molecule has 3 nitrogen and oxygen atoms in total. The standard InChI is InChI=1S/C12H24N2OS/c1-9-6-14(7-10(2)16-9)12(5-13)11-3-4-15-8-11/h9-12H,3-8,13H2,1-2H3. The number of ether oxygens (including phenoxy) is 1. The molecule has 0 saturated carbocycles. The van der Waals surface area contributed by atoms with Crippen molar-refractivity contribution in [2.24, 2.45) is 11.7 Å². The molecule has 2 rings (SSSR count). The maximum Gasteiger partial charge on any atom is 0.0510 e. The van der Waals surface area contributed by atoms with Gasteiger partial charge in [-0.15, -0.1) is 0 Å². The maximum absolute atomic E-state index is 5.97. The minimum Gasteiger partial charge on any atom is -0.381 e. The zero-order valence-electron chi connectivity index (χ0n) is 10.4. The third-order valence-corrected chi connectivity index (χ3v) is 4.89. The summed E-state index contributed by atoms with van der Waals surface area (Å²) in [6.45, 7) is 9.64. The molecule has 0 aromatic rings. The molecule has 4 unspecified atom stereocenters. The third-order valence-electron chi connectivity index (χ3n) is 3.67. The lowest BCUT2D eigenvalue weighted by Gasteiger charge is -2.41. The van der Waals surface area contributed by atoms with Crippen molar-refractivity contribution in [2.45, 2.75) is 36.8 Å². The van der Waals surface area contributed by atoms with Gasteiger partial charge in [0.05, 0.1) is 6.61 Å². The quantitative estimate of drug-likeness (QED) is 0.809. The van der Waals surface area contributed by atoms with Crippen molar-refractivity contribution in [2.75, 3.05) is 32.8 Å². The Labute approximate surface area is 103 Å². The molecular weight excluding hydrogens is 220 g/mol. The number of thioether (sulfide) groups is 1. The molecule has 0 aromatic carbocycles. The Morgan fingerprint density at radius 2 is 2.06 bits per heavy atom. The van der Waals surface area contributed by atoms with E-state index in [-0.39, 0.29) is 0 Å². The zero-order valence-corrected chi connectivity index (χ0v) is 11.2. The smallest absolute Gasteiger partial charge is 0.0510 e. The fourth-order valence-corrected chi connectivity index (χ4v) is 4.33. The Hall–Kier alpha value is 0.230. The van der Waals surface area contributed by atoms with Gasteiger partial charge >= 0.3 is 0 Å². The molecule has 2 N–H and O–H groups in total. The van der Waals surface area contributed by atoms with Crippen LogP contribution in [0, 0.1) is 5.92 Å². The van der Waals surface area contributed by atoms with Crippen molar-refractivity contribution in [3.8, 4) is 0 Å². The Kier molecular flexibility index (Phi) is 4.53. The van der Waals surface area contributed by atoms with Crippen LogP contribution in [-0.2, 0) is 4.74 Å². The van der Waals surface area contributed by atoms with Gasteiger partial charge in [0.25, 0.3) is 0 Å². The molecule has 2 aliphatic heterocycles. The van der Waals surface area contributed by atoms with Gasteiger partial charge in [-0.3, -0.25) is 4.90 Å². The van der Waals surface area contributed by atoms with E-state index in [1.54, 1.807) is 0 Å². The van der Waals surface area contributed by atoms with E-state index in [0.717, 1.165) is 30.3 Å². The lowest BCUT2D eigenvalue weighted by atomic mass is 9.97. The van der Waals surface area contributed by atoms with E-state index in [1.165, 1.54) is 19.5 Å². The van der Waals surface area contributed by atoms with Crippen LogP contribution in [0.15, 0.2) is 0 Å². The van der Waals surface area contributed by atoms with Crippen molar-refractivity contribution >= 4 is 11.8 Å². The van der Waals surface area contributed by atoms with E-state index in [9.17, 15) is 0 Å². The highest BCUT2D eigenvalue weighted by Gasteiger charge is 2.33. The molecule has 0 bridgehead atoms. The summed E-state index contributed by atoms with van der Waals surface area (Å²) in [5, 5.41) is 1.47. The van der Waals surface area contributed by atoms with E-state index in [0.29, 0.717) is 12.0 Å². The molecule has 0 radical (unpaired) electrons. The molecule has 0 aliphatic carbocycles. The SMILES string of the molecule is CC1CN(C(CN)C2CCOC2)CC(C)S1. The largest absolute Gasteiger partial charge is 0.381 e. The van der Waals surface area contributed by atoms with Gasteiger partial charge in [-0.2, -0.15) is 11.8 Å². The number of hydrogen-bond acceptors (Lipinski definition) is 4.